The largest absolute Gasteiger partial charge is 0.252 e. The molecule has 0 atom stereocenters. The number of aromatic nitrogens is 2. The summed E-state index contributed by atoms with van der Waals surface area (Å²) in [5.74, 6) is 0. The lowest BCUT2D eigenvalue weighted by molar-refractivity contribution is 1.14. The molecule has 0 N–H and O–H groups in total. The van der Waals surface area contributed by atoms with Crippen LogP contribution in [-0.2, 0) is 6.42 Å². The molecule has 0 saturated carbocycles. The van der Waals surface area contributed by atoms with Gasteiger partial charge in [-0.2, -0.15) is 0 Å². The molecule has 2 nitrogen and oxygen atoms in total. The van der Waals surface area contributed by atoms with Crippen molar-refractivity contribution < 1.29 is 0 Å². The minimum atomic E-state index is 0.915. The van der Waals surface area contributed by atoms with Crippen LogP contribution in [0.2, 0.25) is 0 Å². The van der Waals surface area contributed by atoms with Gasteiger partial charge in [-0.1, -0.05) is 67.1 Å². The second-order valence-electron chi connectivity index (χ2n) is 6.38. The van der Waals surface area contributed by atoms with Crippen LogP contribution >= 0.6 is 0 Å². The van der Waals surface area contributed by atoms with Crippen LogP contribution in [0.25, 0.3) is 33.4 Å². The van der Waals surface area contributed by atoms with Gasteiger partial charge < -0.3 is 0 Å². The summed E-state index contributed by atoms with van der Waals surface area (Å²) in [7, 11) is 0. The Hall–Kier alpha value is -3.00. The Labute approximate surface area is 148 Å². The van der Waals surface area contributed by atoms with E-state index in [0.717, 1.165) is 28.7 Å². The molecule has 0 aliphatic rings. The van der Waals surface area contributed by atoms with E-state index in [-0.39, 0.29) is 0 Å². The first kappa shape index (κ1) is 15.5. The molecule has 4 rings (SSSR count). The number of hydrogen-bond acceptors (Lipinski definition) is 2. The van der Waals surface area contributed by atoms with Crippen molar-refractivity contribution in [1.29, 1.82) is 0 Å². The van der Waals surface area contributed by atoms with E-state index in [2.05, 4.69) is 85.6 Å². The summed E-state index contributed by atoms with van der Waals surface area (Å²) in [6.45, 7) is 4.26. The maximum absolute atomic E-state index is 4.79. The molecule has 0 radical (unpaired) electrons. The fourth-order valence-corrected chi connectivity index (χ4v) is 2.99. The van der Waals surface area contributed by atoms with Gasteiger partial charge in [0.1, 0.15) is 0 Å². The average Bonchev–Trinajstić information content (AvgIpc) is 2.68. The minimum Gasteiger partial charge on any atom is -0.252 e. The third kappa shape index (κ3) is 3.16. The lowest BCUT2D eigenvalue weighted by Crippen LogP contribution is -1.90. The number of hydrogen-bond donors (Lipinski definition) is 0. The van der Waals surface area contributed by atoms with Gasteiger partial charge in [0.05, 0.1) is 22.9 Å². The highest BCUT2D eigenvalue weighted by atomic mass is 14.8. The number of benzene rings is 3. The maximum Gasteiger partial charge on any atom is 0.0894 e. The van der Waals surface area contributed by atoms with Crippen LogP contribution in [0, 0.1) is 6.92 Å². The zero-order chi connectivity index (χ0) is 17.2. The third-order valence-corrected chi connectivity index (χ3v) is 4.59. The summed E-state index contributed by atoms with van der Waals surface area (Å²) < 4.78 is 0. The SMILES string of the molecule is CCc1ccc(-c2cnc3cc(-c4ccc(C)cc4)ccc3n2)cc1. The summed E-state index contributed by atoms with van der Waals surface area (Å²) in [4.78, 5) is 9.43. The van der Waals surface area contributed by atoms with Crippen molar-refractivity contribution in [2.24, 2.45) is 0 Å². The van der Waals surface area contributed by atoms with Crippen LogP contribution < -0.4 is 0 Å². The van der Waals surface area contributed by atoms with Crippen molar-refractivity contribution >= 4 is 11.0 Å². The van der Waals surface area contributed by atoms with E-state index in [9.17, 15) is 0 Å². The Kier molecular flexibility index (Phi) is 4.02. The molecule has 2 heteroatoms. The van der Waals surface area contributed by atoms with Crippen molar-refractivity contribution in [3.8, 4) is 22.4 Å². The second kappa shape index (κ2) is 6.48. The van der Waals surface area contributed by atoms with Crippen molar-refractivity contribution in [3.05, 3.63) is 84.1 Å². The Morgan fingerprint density at radius 1 is 0.720 bits per heavy atom. The highest BCUT2D eigenvalue weighted by Gasteiger charge is 2.05. The minimum absolute atomic E-state index is 0.915. The van der Waals surface area contributed by atoms with Crippen LogP contribution in [0.5, 0.6) is 0 Å². The highest BCUT2D eigenvalue weighted by Crippen LogP contribution is 2.25. The lowest BCUT2D eigenvalue weighted by Gasteiger charge is -2.06. The average molecular weight is 324 g/mol. The fraction of sp³-hybridized carbons (Fsp3) is 0.130. The topological polar surface area (TPSA) is 25.8 Å². The van der Waals surface area contributed by atoms with E-state index in [4.69, 9.17) is 4.98 Å². The van der Waals surface area contributed by atoms with E-state index in [0.29, 0.717) is 0 Å². The van der Waals surface area contributed by atoms with Gasteiger partial charge in [0, 0.05) is 5.56 Å². The first-order chi connectivity index (χ1) is 12.2. The first-order valence-electron chi connectivity index (χ1n) is 8.66. The summed E-state index contributed by atoms with van der Waals surface area (Å²) in [5, 5.41) is 0. The van der Waals surface area contributed by atoms with E-state index in [1.54, 1.807) is 0 Å². The molecule has 0 saturated heterocycles. The summed E-state index contributed by atoms with van der Waals surface area (Å²) in [6.07, 6.45) is 2.91. The van der Waals surface area contributed by atoms with Crippen LogP contribution in [0.15, 0.2) is 72.9 Å². The van der Waals surface area contributed by atoms with Crippen molar-refractivity contribution in [1.82, 2.24) is 9.97 Å². The molecule has 25 heavy (non-hydrogen) atoms. The first-order valence-corrected chi connectivity index (χ1v) is 8.66. The van der Waals surface area contributed by atoms with Gasteiger partial charge >= 0.3 is 0 Å². The van der Waals surface area contributed by atoms with Crippen molar-refractivity contribution in [2.45, 2.75) is 20.3 Å². The molecule has 0 aliphatic heterocycles. The molecule has 0 fully saturated rings. The quantitative estimate of drug-likeness (QED) is 0.473. The standard InChI is InChI=1S/C23H20N2/c1-3-17-6-10-19(11-7-17)23-15-24-22-14-20(12-13-21(22)25-23)18-8-4-16(2)5-9-18/h4-15H,3H2,1-2H3. The Morgan fingerprint density at radius 2 is 1.40 bits per heavy atom. The van der Waals surface area contributed by atoms with E-state index < -0.39 is 0 Å². The van der Waals surface area contributed by atoms with Crippen LogP contribution in [-0.4, -0.2) is 9.97 Å². The summed E-state index contributed by atoms with van der Waals surface area (Å²) in [5.41, 5.74) is 8.84. The van der Waals surface area contributed by atoms with Crippen molar-refractivity contribution in [3.63, 3.8) is 0 Å². The normalized spacial score (nSPS) is 11.0. The van der Waals surface area contributed by atoms with Crippen molar-refractivity contribution in [2.75, 3.05) is 0 Å². The molecule has 0 aliphatic carbocycles. The third-order valence-electron chi connectivity index (χ3n) is 4.59. The molecule has 0 amide bonds. The Balaban J connectivity index is 1.71. The van der Waals surface area contributed by atoms with Gasteiger partial charge in [-0.25, -0.2) is 4.98 Å². The van der Waals surface area contributed by atoms with E-state index in [1.807, 2.05) is 6.20 Å². The van der Waals surface area contributed by atoms with Gasteiger partial charge in [-0.3, -0.25) is 4.98 Å². The summed E-state index contributed by atoms with van der Waals surface area (Å²) in [6, 6.07) is 23.4. The molecule has 1 heterocycles. The van der Waals surface area contributed by atoms with Crippen LogP contribution in [0.4, 0.5) is 0 Å². The molecule has 4 aromatic rings. The smallest absolute Gasteiger partial charge is 0.0894 e. The molecule has 122 valence electrons. The summed E-state index contributed by atoms with van der Waals surface area (Å²) >= 11 is 0. The zero-order valence-corrected chi connectivity index (χ0v) is 14.5. The second-order valence-corrected chi connectivity index (χ2v) is 6.38. The molecule has 0 unspecified atom stereocenters. The maximum atomic E-state index is 4.79. The molecule has 0 spiro atoms. The molecule has 1 aromatic heterocycles. The zero-order valence-electron chi connectivity index (χ0n) is 14.5. The predicted molar refractivity (Wildman–Crippen MR) is 105 cm³/mol. The van der Waals surface area contributed by atoms with Gasteiger partial charge in [0.25, 0.3) is 0 Å². The number of nitrogens with zero attached hydrogens (tertiary/aromatic N) is 2. The van der Waals surface area contributed by atoms with Gasteiger partial charge in [-0.05, 0) is 42.2 Å². The Morgan fingerprint density at radius 3 is 2.12 bits per heavy atom. The predicted octanol–water partition coefficient (Wildman–Crippen LogP) is 5.83. The van der Waals surface area contributed by atoms with Gasteiger partial charge in [0.15, 0.2) is 0 Å². The van der Waals surface area contributed by atoms with Crippen LogP contribution in [0.3, 0.4) is 0 Å². The van der Waals surface area contributed by atoms with E-state index >= 15 is 0 Å². The Bertz CT molecular complexity index is 1020. The highest BCUT2D eigenvalue weighted by molar-refractivity contribution is 5.82. The van der Waals surface area contributed by atoms with Crippen LogP contribution in [0.1, 0.15) is 18.1 Å². The molecule has 0 bridgehead atoms. The number of rotatable bonds is 3. The van der Waals surface area contributed by atoms with Gasteiger partial charge in [-0.15, -0.1) is 0 Å². The fourth-order valence-electron chi connectivity index (χ4n) is 2.99. The molecular formula is C23H20N2. The lowest BCUT2D eigenvalue weighted by atomic mass is 10.0. The monoisotopic (exact) mass is 324 g/mol. The number of fused-ring (bicyclic) bond motifs is 1. The molecular weight excluding hydrogens is 304 g/mol. The van der Waals surface area contributed by atoms with E-state index in [1.165, 1.54) is 22.3 Å². The van der Waals surface area contributed by atoms with Gasteiger partial charge in [0.2, 0.25) is 0 Å². The number of aryl methyl sites for hydroxylation is 2. The molecule has 3 aromatic carbocycles.